The first-order chi connectivity index (χ1) is 18.0. The molecule has 37 heavy (non-hydrogen) atoms. The first-order valence-corrected chi connectivity index (χ1v) is 12.3. The minimum atomic E-state index is -0.0868. The minimum Gasteiger partial charge on any atom is -0.497 e. The number of benzene rings is 2. The van der Waals surface area contributed by atoms with Crippen LogP contribution in [0.4, 0.5) is 11.5 Å². The molecule has 0 bridgehead atoms. The molecule has 10 nitrogen and oxygen atoms in total. The topological polar surface area (TPSA) is 106 Å². The van der Waals surface area contributed by atoms with Gasteiger partial charge in [-0.1, -0.05) is 13.8 Å². The summed E-state index contributed by atoms with van der Waals surface area (Å²) in [6.45, 7) is 7.62. The molecule has 4 rings (SSSR count). The predicted molar refractivity (Wildman–Crippen MR) is 143 cm³/mol. The predicted octanol–water partition coefficient (Wildman–Crippen LogP) is 3.55. The van der Waals surface area contributed by atoms with E-state index in [4.69, 9.17) is 9.47 Å². The van der Waals surface area contributed by atoms with Gasteiger partial charge in [-0.15, -0.1) is 0 Å². The Morgan fingerprint density at radius 2 is 1.81 bits per heavy atom. The van der Waals surface area contributed by atoms with Gasteiger partial charge in [-0.05, 0) is 55.6 Å². The number of hydrogen-bond donors (Lipinski definition) is 2. The summed E-state index contributed by atoms with van der Waals surface area (Å²) in [5.74, 6) is 2.51. The van der Waals surface area contributed by atoms with Gasteiger partial charge in [-0.25, -0.2) is 4.52 Å². The second-order valence-corrected chi connectivity index (χ2v) is 8.44. The number of rotatable bonds is 12. The lowest BCUT2D eigenvalue weighted by Crippen LogP contribution is -2.34. The van der Waals surface area contributed by atoms with Crippen molar-refractivity contribution in [3.05, 3.63) is 71.7 Å². The summed E-state index contributed by atoms with van der Waals surface area (Å²) in [6, 6.07) is 14.9. The maximum absolute atomic E-state index is 12.5. The summed E-state index contributed by atoms with van der Waals surface area (Å²) >= 11 is 0. The molecule has 0 fully saturated rings. The Hall–Kier alpha value is -4.18. The standard InChI is InChI=1S/C27H33N7O3/c1-5-33(6-2)14-13-28-26(35)19-7-9-21(10-8-19)31-25-17-22(34-27(32-25)29-18-30-34)15-20-16-23(36-3)11-12-24(20)37-4/h7-12,16-18H,5-6,13-15H2,1-4H3,(H,28,35)(H,29,30,31,32). The van der Waals surface area contributed by atoms with Crippen LogP contribution in [-0.2, 0) is 6.42 Å². The third-order valence-electron chi connectivity index (χ3n) is 6.21. The Bertz CT molecular complexity index is 1330. The quantitative estimate of drug-likeness (QED) is 0.302. The molecular weight excluding hydrogens is 470 g/mol. The summed E-state index contributed by atoms with van der Waals surface area (Å²) < 4.78 is 12.6. The minimum absolute atomic E-state index is 0.0868. The summed E-state index contributed by atoms with van der Waals surface area (Å²) in [6.07, 6.45) is 2.01. The van der Waals surface area contributed by atoms with E-state index in [1.54, 1.807) is 30.9 Å². The Morgan fingerprint density at radius 1 is 1.03 bits per heavy atom. The Morgan fingerprint density at radius 3 is 2.51 bits per heavy atom. The van der Waals surface area contributed by atoms with Crippen molar-refractivity contribution in [3.63, 3.8) is 0 Å². The van der Waals surface area contributed by atoms with Crippen molar-refractivity contribution in [1.82, 2.24) is 29.8 Å². The molecule has 0 unspecified atom stereocenters. The van der Waals surface area contributed by atoms with E-state index >= 15 is 0 Å². The fourth-order valence-electron chi connectivity index (χ4n) is 4.10. The fraction of sp³-hybridized carbons (Fsp3) is 0.333. The van der Waals surface area contributed by atoms with Crippen LogP contribution in [0.15, 0.2) is 54.9 Å². The summed E-state index contributed by atoms with van der Waals surface area (Å²) in [4.78, 5) is 23.6. The van der Waals surface area contributed by atoms with E-state index in [1.165, 1.54) is 6.33 Å². The van der Waals surface area contributed by atoms with E-state index in [2.05, 4.69) is 44.4 Å². The highest BCUT2D eigenvalue weighted by molar-refractivity contribution is 5.94. The number of amides is 1. The zero-order chi connectivity index (χ0) is 26.2. The average Bonchev–Trinajstić information content (AvgIpc) is 3.40. The number of likely N-dealkylation sites (N-methyl/N-ethyl adjacent to an activating group) is 1. The molecule has 2 aromatic heterocycles. The molecular formula is C27H33N7O3. The maximum atomic E-state index is 12.5. The number of carbonyl (C=O) groups is 1. The number of carbonyl (C=O) groups excluding carboxylic acids is 1. The molecule has 0 radical (unpaired) electrons. The van der Waals surface area contributed by atoms with Crippen LogP contribution in [0.5, 0.6) is 11.5 Å². The van der Waals surface area contributed by atoms with Crippen LogP contribution in [0.25, 0.3) is 5.78 Å². The van der Waals surface area contributed by atoms with Crippen molar-refractivity contribution in [2.24, 2.45) is 0 Å². The number of aromatic nitrogens is 4. The molecule has 0 saturated carbocycles. The lowest BCUT2D eigenvalue weighted by molar-refractivity contribution is 0.0949. The number of nitrogens with one attached hydrogen (secondary N) is 2. The Balaban J connectivity index is 1.49. The van der Waals surface area contributed by atoms with Crippen molar-refractivity contribution in [2.75, 3.05) is 45.7 Å². The third kappa shape index (κ3) is 6.34. The van der Waals surface area contributed by atoms with Crippen molar-refractivity contribution in [1.29, 1.82) is 0 Å². The van der Waals surface area contributed by atoms with Crippen molar-refractivity contribution in [2.45, 2.75) is 20.3 Å². The van der Waals surface area contributed by atoms with E-state index in [-0.39, 0.29) is 5.91 Å². The molecule has 0 aliphatic rings. The van der Waals surface area contributed by atoms with E-state index in [9.17, 15) is 4.79 Å². The molecule has 0 aliphatic heterocycles. The lowest BCUT2D eigenvalue weighted by Gasteiger charge is -2.18. The fourth-order valence-corrected chi connectivity index (χ4v) is 4.10. The molecule has 2 heterocycles. The molecule has 1 amide bonds. The van der Waals surface area contributed by atoms with Gasteiger partial charge in [0.25, 0.3) is 11.7 Å². The normalized spacial score (nSPS) is 11.1. The Kier molecular flexibility index (Phi) is 8.52. The largest absolute Gasteiger partial charge is 0.497 e. The van der Waals surface area contributed by atoms with Gasteiger partial charge < -0.3 is 25.0 Å². The number of ether oxygens (including phenoxy) is 2. The van der Waals surface area contributed by atoms with E-state index in [0.717, 1.165) is 48.1 Å². The van der Waals surface area contributed by atoms with Crippen molar-refractivity contribution < 1.29 is 14.3 Å². The second kappa shape index (κ2) is 12.2. The van der Waals surface area contributed by atoms with Gasteiger partial charge in [0.05, 0.1) is 19.9 Å². The van der Waals surface area contributed by atoms with E-state index in [0.29, 0.717) is 30.1 Å². The number of fused-ring (bicyclic) bond motifs is 1. The molecule has 2 N–H and O–H groups in total. The van der Waals surface area contributed by atoms with Gasteiger partial charge in [0.15, 0.2) is 0 Å². The van der Waals surface area contributed by atoms with Crippen LogP contribution < -0.4 is 20.1 Å². The van der Waals surface area contributed by atoms with Crippen LogP contribution in [0.1, 0.15) is 35.5 Å². The zero-order valence-corrected chi connectivity index (χ0v) is 21.7. The maximum Gasteiger partial charge on any atom is 0.254 e. The highest BCUT2D eigenvalue weighted by atomic mass is 16.5. The molecule has 0 saturated heterocycles. The molecule has 0 aliphatic carbocycles. The molecule has 10 heteroatoms. The molecule has 0 atom stereocenters. The first kappa shape index (κ1) is 25.9. The van der Waals surface area contributed by atoms with Crippen molar-refractivity contribution in [3.8, 4) is 11.5 Å². The van der Waals surface area contributed by atoms with Crippen LogP contribution in [0.2, 0.25) is 0 Å². The second-order valence-electron chi connectivity index (χ2n) is 8.44. The van der Waals surface area contributed by atoms with Gasteiger partial charge in [-0.3, -0.25) is 4.79 Å². The van der Waals surface area contributed by atoms with Crippen LogP contribution in [-0.4, -0.2) is 70.8 Å². The molecule has 2 aromatic carbocycles. The van der Waals surface area contributed by atoms with Gasteiger partial charge in [-0.2, -0.15) is 15.1 Å². The van der Waals surface area contributed by atoms with Gasteiger partial charge >= 0.3 is 0 Å². The Labute approximate surface area is 216 Å². The van der Waals surface area contributed by atoms with Crippen LogP contribution in [0.3, 0.4) is 0 Å². The molecule has 194 valence electrons. The number of hydrogen-bond acceptors (Lipinski definition) is 8. The van der Waals surface area contributed by atoms with Crippen molar-refractivity contribution >= 4 is 23.2 Å². The molecule has 4 aromatic rings. The third-order valence-corrected chi connectivity index (χ3v) is 6.21. The smallest absolute Gasteiger partial charge is 0.254 e. The van der Waals surface area contributed by atoms with Gasteiger partial charge in [0, 0.05) is 42.4 Å². The highest BCUT2D eigenvalue weighted by Gasteiger charge is 2.13. The number of anilines is 2. The summed E-state index contributed by atoms with van der Waals surface area (Å²) in [5.41, 5.74) is 3.24. The molecule has 0 spiro atoms. The van der Waals surface area contributed by atoms with Gasteiger partial charge in [0.2, 0.25) is 0 Å². The summed E-state index contributed by atoms with van der Waals surface area (Å²) in [7, 11) is 3.28. The SMILES string of the molecule is CCN(CC)CCNC(=O)c1ccc(Nc2cc(Cc3cc(OC)ccc3OC)n3ncnc3n2)cc1. The number of nitrogens with zero attached hydrogens (tertiary/aromatic N) is 5. The van der Waals surface area contributed by atoms with Crippen LogP contribution in [0, 0.1) is 0 Å². The highest BCUT2D eigenvalue weighted by Crippen LogP contribution is 2.27. The average molecular weight is 504 g/mol. The van der Waals surface area contributed by atoms with Crippen LogP contribution >= 0.6 is 0 Å². The first-order valence-electron chi connectivity index (χ1n) is 12.3. The number of methoxy groups -OCH3 is 2. The van der Waals surface area contributed by atoms with E-state index < -0.39 is 0 Å². The lowest BCUT2D eigenvalue weighted by atomic mass is 10.1. The monoisotopic (exact) mass is 503 g/mol. The van der Waals surface area contributed by atoms with E-state index in [1.807, 2.05) is 36.4 Å². The summed E-state index contributed by atoms with van der Waals surface area (Å²) in [5, 5.41) is 10.6. The van der Waals surface area contributed by atoms with Gasteiger partial charge in [0.1, 0.15) is 23.6 Å². The zero-order valence-electron chi connectivity index (χ0n) is 21.7.